The van der Waals surface area contributed by atoms with Gasteiger partial charge in [-0.25, -0.2) is 4.68 Å². The summed E-state index contributed by atoms with van der Waals surface area (Å²) in [5.41, 5.74) is 1.34. The van der Waals surface area contributed by atoms with E-state index in [1.165, 1.54) is 10.2 Å². The van der Waals surface area contributed by atoms with E-state index in [2.05, 4.69) is 27.4 Å². The average Bonchev–Trinajstić information content (AvgIpc) is 2.78. The zero-order chi connectivity index (χ0) is 21.8. The van der Waals surface area contributed by atoms with Crippen molar-refractivity contribution in [2.45, 2.75) is 32.5 Å². The van der Waals surface area contributed by atoms with Crippen LogP contribution in [0.25, 0.3) is 10.8 Å². The summed E-state index contributed by atoms with van der Waals surface area (Å²) in [7, 11) is 0. The van der Waals surface area contributed by atoms with Crippen LogP contribution in [0.5, 0.6) is 0 Å². The van der Waals surface area contributed by atoms with E-state index >= 15 is 0 Å². The molecule has 162 valence electrons. The summed E-state index contributed by atoms with van der Waals surface area (Å²) in [5, 5.41) is 8.40. The maximum Gasteiger partial charge on any atom is 0.274 e. The third-order valence-corrected chi connectivity index (χ3v) is 5.49. The van der Waals surface area contributed by atoms with Crippen LogP contribution in [0.15, 0.2) is 59.4 Å². The molecule has 0 radical (unpaired) electrons. The molecule has 1 saturated heterocycles. The minimum atomic E-state index is -0.297. The van der Waals surface area contributed by atoms with Crippen LogP contribution < -0.4 is 10.9 Å². The number of carbonyl (C=O) groups is 1. The normalized spacial score (nSPS) is 17.2. The zero-order valence-corrected chi connectivity index (χ0v) is 18.0. The lowest BCUT2D eigenvalue weighted by Crippen LogP contribution is -2.47. The SMILES string of the molecule is CC(C)n1nc(C(=O)NCC2CN(Cc3ccccc3)CCO2)c2ccccc2c1=O. The Kier molecular flexibility index (Phi) is 6.44. The van der Waals surface area contributed by atoms with Gasteiger partial charge in [0.25, 0.3) is 11.5 Å². The van der Waals surface area contributed by atoms with Crippen LogP contribution in [0.3, 0.4) is 0 Å². The fourth-order valence-electron chi connectivity index (χ4n) is 3.90. The van der Waals surface area contributed by atoms with Crippen molar-refractivity contribution in [3.8, 4) is 0 Å². The molecule has 2 aromatic carbocycles. The summed E-state index contributed by atoms with van der Waals surface area (Å²) in [6, 6.07) is 17.3. The Balaban J connectivity index is 1.46. The molecule has 1 amide bonds. The Bertz CT molecular complexity index is 1110. The summed E-state index contributed by atoms with van der Waals surface area (Å²) < 4.78 is 7.24. The molecule has 31 heavy (non-hydrogen) atoms. The smallest absolute Gasteiger partial charge is 0.274 e. The maximum absolute atomic E-state index is 13.0. The third-order valence-electron chi connectivity index (χ3n) is 5.49. The average molecular weight is 421 g/mol. The Morgan fingerprint density at radius 1 is 1.13 bits per heavy atom. The lowest BCUT2D eigenvalue weighted by atomic mass is 10.1. The van der Waals surface area contributed by atoms with Gasteiger partial charge in [-0.15, -0.1) is 0 Å². The van der Waals surface area contributed by atoms with Gasteiger partial charge in [0, 0.05) is 31.6 Å². The second-order valence-corrected chi connectivity index (χ2v) is 8.16. The summed E-state index contributed by atoms with van der Waals surface area (Å²) in [6.07, 6.45) is -0.0938. The Labute approximate surface area is 181 Å². The highest BCUT2D eigenvalue weighted by Crippen LogP contribution is 2.15. The van der Waals surface area contributed by atoms with Gasteiger partial charge < -0.3 is 10.1 Å². The summed E-state index contributed by atoms with van der Waals surface area (Å²) in [4.78, 5) is 28.0. The van der Waals surface area contributed by atoms with Crippen LogP contribution in [0.2, 0.25) is 0 Å². The Hall–Kier alpha value is -3.03. The highest BCUT2D eigenvalue weighted by Gasteiger charge is 2.23. The first-order chi connectivity index (χ1) is 15.0. The van der Waals surface area contributed by atoms with Crippen molar-refractivity contribution in [3.05, 3.63) is 76.2 Å². The molecule has 0 saturated carbocycles. The van der Waals surface area contributed by atoms with Crippen molar-refractivity contribution < 1.29 is 9.53 Å². The number of morpholine rings is 1. The number of rotatable bonds is 6. The molecule has 7 nitrogen and oxygen atoms in total. The van der Waals surface area contributed by atoms with Gasteiger partial charge in [-0.3, -0.25) is 14.5 Å². The van der Waals surface area contributed by atoms with Crippen LogP contribution in [0.1, 0.15) is 35.9 Å². The van der Waals surface area contributed by atoms with E-state index in [0.29, 0.717) is 23.9 Å². The molecule has 3 aromatic rings. The van der Waals surface area contributed by atoms with E-state index < -0.39 is 0 Å². The predicted octanol–water partition coefficient (Wildman–Crippen LogP) is 2.61. The third kappa shape index (κ3) is 4.84. The largest absolute Gasteiger partial charge is 0.374 e. The number of carbonyl (C=O) groups excluding carboxylic acids is 1. The molecule has 1 atom stereocenters. The molecule has 7 heteroatoms. The van der Waals surface area contributed by atoms with Gasteiger partial charge >= 0.3 is 0 Å². The van der Waals surface area contributed by atoms with Crippen LogP contribution >= 0.6 is 0 Å². The van der Waals surface area contributed by atoms with E-state index in [4.69, 9.17) is 4.74 Å². The maximum atomic E-state index is 13.0. The van der Waals surface area contributed by atoms with E-state index in [0.717, 1.165) is 19.6 Å². The molecule has 0 spiro atoms. The number of fused-ring (bicyclic) bond motifs is 1. The second-order valence-electron chi connectivity index (χ2n) is 8.16. The highest BCUT2D eigenvalue weighted by atomic mass is 16.5. The Morgan fingerprint density at radius 2 is 1.84 bits per heavy atom. The summed E-state index contributed by atoms with van der Waals surface area (Å²) in [5.74, 6) is -0.297. The van der Waals surface area contributed by atoms with Crippen LogP contribution in [0.4, 0.5) is 0 Å². The van der Waals surface area contributed by atoms with Crippen LogP contribution in [0, 0.1) is 0 Å². The molecule has 0 bridgehead atoms. The number of nitrogens with zero attached hydrogens (tertiary/aromatic N) is 3. The molecule has 1 aromatic heterocycles. The first-order valence-corrected chi connectivity index (χ1v) is 10.7. The molecule has 1 unspecified atom stereocenters. The summed E-state index contributed by atoms with van der Waals surface area (Å²) >= 11 is 0. The quantitative estimate of drug-likeness (QED) is 0.663. The van der Waals surface area contributed by atoms with Crippen molar-refractivity contribution in [2.24, 2.45) is 0 Å². The van der Waals surface area contributed by atoms with Gasteiger partial charge in [0.05, 0.1) is 24.1 Å². The zero-order valence-electron chi connectivity index (χ0n) is 18.0. The molecular formula is C24H28N4O3. The van der Waals surface area contributed by atoms with Crippen molar-refractivity contribution >= 4 is 16.7 Å². The number of ether oxygens (including phenoxy) is 1. The van der Waals surface area contributed by atoms with Crippen LogP contribution in [-0.4, -0.2) is 52.9 Å². The molecule has 1 aliphatic heterocycles. The van der Waals surface area contributed by atoms with Crippen molar-refractivity contribution in [1.82, 2.24) is 20.0 Å². The van der Waals surface area contributed by atoms with Crippen LogP contribution in [-0.2, 0) is 11.3 Å². The number of aromatic nitrogens is 2. The minimum Gasteiger partial charge on any atom is -0.374 e. The highest BCUT2D eigenvalue weighted by molar-refractivity contribution is 6.04. The molecule has 1 fully saturated rings. The van der Waals surface area contributed by atoms with E-state index in [-0.39, 0.29) is 29.3 Å². The van der Waals surface area contributed by atoms with E-state index in [9.17, 15) is 9.59 Å². The molecule has 1 aliphatic rings. The summed E-state index contributed by atoms with van der Waals surface area (Å²) in [6.45, 7) is 7.25. The monoisotopic (exact) mass is 420 g/mol. The molecular weight excluding hydrogens is 392 g/mol. The first-order valence-electron chi connectivity index (χ1n) is 10.7. The molecule has 0 aliphatic carbocycles. The van der Waals surface area contributed by atoms with Gasteiger partial charge in [0.15, 0.2) is 5.69 Å². The number of hydrogen-bond donors (Lipinski definition) is 1. The standard InChI is InChI=1S/C24H28N4O3/c1-17(2)28-24(30)21-11-7-6-10-20(21)22(26-28)23(29)25-14-19-16-27(12-13-31-19)15-18-8-4-3-5-9-18/h3-11,17,19H,12-16H2,1-2H3,(H,25,29). The van der Waals surface area contributed by atoms with E-state index in [1.807, 2.05) is 38.1 Å². The second kappa shape index (κ2) is 9.41. The van der Waals surface area contributed by atoms with Crippen molar-refractivity contribution in [1.29, 1.82) is 0 Å². The number of nitrogens with one attached hydrogen (secondary N) is 1. The number of hydrogen-bond acceptors (Lipinski definition) is 5. The topological polar surface area (TPSA) is 76.5 Å². The number of amides is 1. The van der Waals surface area contributed by atoms with Gasteiger partial charge in [0.1, 0.15) is 0 Å². The predicted molar refractivity (Wildman–Crippen MR) is 120 cm³/mol. The minimum absolute atomic E-state index is 0.0938. The van der Waals surface area contributed by atoms with Crippen molar-refractivity contribution in [2.75, 3.05) is 26.2 Å². The van der Waals surface area contributed by atoms with Gasteiger partial charge in [-0.05, 0) is 25.5 Å². The molecule has 4 rings (SSSR count). The number of benzene rings is 2. The van der Waals surface area contributed by atoms with Gasteiger partial charge in [-0.2, -0.15) is 5.10 Å². The van der Waals surface area contributed by atoms with Crippen molar-refractivity contribution in [3.63, 3.8) is 0 Å². The lowest BCUT2D eigenvalue weighted by Gasteiger charge is -2.33. The van der Waals surface area contributed by atoms with E-state index in [1.54, 1.807) is 18.2 Å². The fourth-order valence-corrected chi connectivity index (χ4v) is 3.90. The van der Waals surface area contributed by atoms with Gasteiger partial charge in [0.2, 0.25) is 0 Å². The molecule has 2 heterocycles. The van der Waals surface area contributed by atoms with Gasteiger partial charge in [-0.1, -0.05) is 48.5 Å². The Morgan fingerprint density at radius 3 is 2.58 bits per heavy atom. The fraction of sp³-hybridized carbons (Fsp3) is 0.375. The molecule has 1 N–H and O–H groups in total. The lowest BCUT2D eigenvalue weighted by molar-refractivity contribution is -0.0292. The first kappa shape index (κ1) is 21.2.